The van der Waals surface area contributed by atoms with Gasteiger partial charge in [0.25, 0.3) is 5.91 Å². The minimum Gasteiger partial charge on any atom is -0.493 e. The first-order chi connectivity index (χ1) is 14.8. The van der Waals surface area contributed by atoms with E-state index < -0.39 is 21.5 Å². The number of nitrogens with one attached hydrogen (secondary N) is 2. The minimum absolute atomic E-state index is 0.106. The topological polar surface area (TPSA) is 107 Å². The Morgan fingerprint density at radius 3 is 2.77 bits per heavy atom. The molecule has 0 saturated heterocycles. The highest BCUT2D eigenvalue weighted by molar-refractivity contribution is 7.89. The van der Waals surface area contributed by atoms with Crippen LogP contribution in [-0.2, 0) is 25.2 Å². The van der Waals surface area contributed by atoms with E-state index >= 15 is 0 Å². The first-order valence-electron chi connectivity index (χ1n) is 9.41. The average molecular weight is 462 g/mol. The zero-order valence-electron chi connectivity index (χ0n) is 16.8. The smallest absolute Gasteiger partial charge is 0.261 e. The Morgan fingerprint density at radius 1 is 1.23 bits per heavy atom. The summed E-state index contributed by atoms with van der Waals surface area (Å²) in [5.74, 6) is 0.133. The van der Waals surface area contributed by atoms with Crippen LogP contribution < -0.4 is 14.8 Å². The zero-order valence-corrected chi connectivity index (χ0v) is 18.4. The number of pyridine rings is 1. The van der Waals surface area contributed by atoms with Crippen LogP contribution in [0.25, 0.3) is 10.8 Å². The van der Waals surface area contributed by atoms with Gasteiger partial charge in [-0.25, -0.2) is 13.1 Å². The summed E-state index contributed by atoms with van der Waals surface area (Å²) in [5, 5.41) is 4.56. The third kappa shape index (κ3) is 3.74. The molecule has 3 aromatic rings. The van der Waals surface area contributed by atoms with E-state index in [-0.39, 0.29) is 4.90 Å². The number of nitrogens with zero attached hydrogens (tertiary/aromatic N) is 1. The van der Waals surface area contributed by atoms with E-state index in [9.17, 15) is 13.2 Å². The van der Waals surface area contributed by atoms with Gasteiger partial charge < -0.3 is 14.8 Å². The molecular formula is C21H20ClN3O5S. The predicted octanol–water partition coefficient (Wildman–Crippen LogP) is 3.06. The summed E-state index contributed by atoms with van der Waals surface area (Å²) in [6, 6.07) is 9.66. The van der Waals surface area contributed by atoms with Gasteiger partial charge in [-0.15, -0.1) is 0 Å². The highest BCUT2D eigenvalue weighted by Gasteiger charge is 2.45. The predicted molar refractivity (Wildman–Crippen MR) is 117 cm³/mol. The molecule has 0 saturated carbocycles. The molecule has 0 aliphatic carbocycles. The number of fused-ring (bicyclic) bond motifs is 2. The highest BCUT2D eigenvalue weighted by Crippen LogP contribution is 2.42. The Hall–Kier alpha value is -2.72. The lowest BCUT2D eigenvalue weighted by atomic mass is 9.86. The fourth-order valence-corrected chi connectivity index (χ4v) is 4.62. The monoisotopic (exact) mass is 461 g/mol. The number of aromatic nitrogens is 1. The minimum atomic E-state index is -3.61. The van der Waals surface area contributed by atoms with Crippen LogP contribution in [0.4, 0.5) is 5.69 Å². The number of ether oxygens (including phenoxy) is 2. The van der Waals surface area contributed by atoms with Crippen molar-refractivity contribution in [2.24, 2.45) is 0 Å². The van der Waals surface area contributed by atoms with Crippen molar-refractivity contribution >= 4 is 44.0 Å². The average Bonchev–Trinajstić information content (AvgIpc) is 2.78. The van der Waals surface area contributed by atoms with Crippen LogP contribution in [0.15, 0.2) is 53.7 Å². The summed E-state index contributed by atoms with van der Waals surface area (Å²) in [6.45, 7) is 0.301. The lowest BCUT2D eigenvalue weighted by Crippen LogP contribution is -2.45. The highest BCUT2D eigenvalue weighted by atomic mass is 35.5. The third-order valence-electron chi connectivity index (χ3n) is 5.36. The van der Waals surface area contributed by atoms with Gasteiger partial charge in [0.1, 0.15) is 5.75 Å². The normalized spacial score (nSPS) is 18.3. The molecule has 0 bridgehead atoms. The van der Waals surface area contributed by atoms with Crippen molar-refractivity contribution in [3.05, 3.63) is 59.4 Å². The Morgan fingerprint density at radius 2 is 2.03 bits per heavy atom. The molecule has 31 heavy (non-hydrogen) atoms. The number of carbonyl (C=O) groups is 1. The van der Waals surface area contributed by atoms with Crippen molar-refractivity contribution in [2.45, 2.75) is 16.9 Å². The van der Waals surface area contributed by atoms with Gasteiger partial charge in [-0.2, -0.15) is 0 Å². The number of rotatable bonds is 5. The van der Waals surface area contributed by atoms with Gasteiger partial charge in [-0.3, -0.25) is 9.78 Å². The van der Waals surface area contributed by atoms with Crippen LogP contribution >= 0.6 is 11.6 Å². The van der Waals surface area contributed by atoms with Gasteiger partial charge in [0, 0.05) is 41.1 Å². The Bertz CT molecular complexity index is 1280. The first-order valence-corrected chi connectivity index (χ1v) is 11.3. The van der Waals surface area contributed by atoms with Gasteiger partial charge in [0.2, 0.25) is 10.0 Å². The lowest BCUT2D eigenvalue weighted by Gasteiger charge is -2.36. The Balaban J connectivity index is 1.74. The second-order valence-electron chi connectivity index (χ2n) is 7.00. The molecule has 2 heterocycles. The van der Waals surface area contributed by atoms with Crippen LogP contribution in [0.1, 0.15) is 12.0 Å². The standard InChI is InChI=1S/C21H20ClN3O5S/c1-23-31(27,28)15-4-5-16-13(9-15)11-24-12-18(16)25-20(26)21(29-2)7-8-30-19-6-3-14(22)10-17(19)21/h3-6,9-12,23H,7-8H2,1-2H3,(H,25,26)/t21-/m0/s1. The molecule has 4 rings (SSSR count). The summed E-state index contributed by atoms with van der Waals surface area (Å²) in [6.07, 6.45) is 3.34. The van der Waals surface area contributed by atoms with Gasteiger partial charge in [0.15, 0.2) is 5.60 Å². The second-order valence-corrected chi connectivity index (χ2v) is 9.32. The summed E-state index contributed by atoms with van der Waals surface area (Å²) in [7, 11) is -0.798. The van der Waals surface area contributed by atoms with Gasteiger partial charge in [-0.05, 0) is 37.4 Å². The Labute approximate surface area is 184 Å². The number of carbonyl (C=O) groups excluding carboxylic acids is 1. The van der Waals surface area contributed by atoms with E-state index in [1.54, 1.807) is 24.3 Å². The van der Waals surface area contributed by atoms with Crippen molar-refractivity contribution < 1.29 is 22.7 Å². The largest absolute Gasteiger partial charge is 0.493 e. The maximum Gasteiger partial charge on any atom is 0.261 e. The first kappa shape index (κ1) is 21.5. The number of hydrogen-bond donors (Lipinski definition) is 2. The third-order valence-corrected chi connectivity index (χ3v) is 7.01. The van der Waals surface area contributed by atoms with E-state index in [1.165, 1.54) is 38.7 Å². The Kier molecular flexibility index (Phi) is 5.61. The molecule has 0 spiro atoms. The molecule has 1 aliphatic rings. The molecule has 2 N–H and O–H groups in total. The fraction of sp³-hybridized carbons (Fsp3) is 0.238. The van der Waals surface area contributed by atoms with E-state index in [4.69, 9.17) is 21.1 Å². The summed E-state index contributed by atoms with van der Waals surface area (Å²) < 4.78 is 37.9. The van der Waals surface area contributed by atoms with Gasteiger partial charge in [0.05, 0.1) is 23.4 Å². The molecule has 1 atom stereocenters. The van der Waals surface area contributed by atoms with Gasteiger partial charge >= 0.3 is 0 Å². The van der Waals surface area contributed by atoms with E-state index in [0.29, 0.717) is 45.8 Å². The summed E-state index contributed by atoms with van der Waals surface area (Å²) in [4.78, 5) is 17.7. The summed E-state index contributed by atoms with van der Waals surface area (Å²) >= 11 is 6.16. The van der Waals surface area contributed by atoms with Crippen molar-refractivity contribution in [1.29, 1.82) is 0 Å². The molecular weight excluding hydrogens is 442 g/mol. The molecule has 0 fully saturated rings. The number of amides is 1. The molecule has 0 radical (unpaired) electrons. The SMILES string of the molecule is CNS(=O)(=O)c1ccc2c(NC(=O)[C@]3(OC)CCOc4ccc(Cl)cc43)cncc2c1. The van der Waals surface area contributed by atoms with E-state index in [0.717, 1.165) is 0 Å². The molecule has 2 aromatic carbocycles. The van der Waals surface area contributed by atoms with Crippen LogP contribution in [-0.4, -0.2) is 40.1 Å². The van der Waals surface area contributed by atoms with Crippen LogP contribution in [0.2, 0.25) is 5.02 Å². The number of methoxy groups -OCH3 is 1. The van der Waals surface area contributed by atoms with Crippen LogP contribution in [0.5, 0.6) is 5.75 Å². The lowest BCUT2D eigenvalue weighted by molar-refractivity contribution is -0.142. The molecule has 0 unspecified atom stereocenters. The maximum atomic E-state index is 13.4. The number of benzene rings is 2. The van der Waals surface area contributed by atoms with Crippen LogP contribution in [0, 0.1) is 0 Å². The van der Waals surface area contributed by atoms with E-state index in [1.807, 2.05) is 0 Å². The second kappa shape index (κ2) is 8.08. The maximum absolute atomic E-state index is 13.4. The quantitative estimate of drug-likeness (QED) is 0.604. The number of anilines is 1. The van der Waals surface area contributed by atoms with Crippen molar-refractivity contribution in [3.8, 4) is 5.75 Å². The van der Waals surface area contributed by atoms with Crippen molar-refractivity contribution in [1.82, 2.24) is 9.71 Å². The van der Waals surface area contributed by atoms with Crippen LogP contribution in [0.3, 0.4) is 0 Å². The summed E-state index contributed by atoms with van der Waals surface area (Å²) in [5.41, 5.74) is -0.319. The van der Waals surface area contributed by atoms with Gasteiger partial charge in [-0.1, -0.05) is 17.7 Å². The number of hydrogen-bond acceptors (Lipinski definition) is 6. The molecule has 1 aromatic heterocycles. The molecule has 8 nitrogen and oxygen atoms in total. The number of halogens is 1. The molecule has 1 aliphatic heterocycles. The number of sulfonamides is 1. The molecule has 162 valence electrons. The van der Waals surface area contributed by atoms with Crippen molar-refractivity contribution in [3.63, 3.8) is 0 Å². The molecule has 1 amide bonds. The zero-order chi connectivity index (χ0) is 22.2. The fourth-order valence-electron chi connectivity index (χ4n) is 3.69. The van der Waals surface area contributed by atoms with Crippen molar-refractivity contribution in [2.75, 3.05) is 26.1 Å². The molecule has 10 heteroatoms. The van der Waals surface area contributed by atoms with E-state index in [2.05, 4.69) is 15.0 Å².